The summed E-state index contributed by atoms with van der Waals surface area (Å²) in [6.07, 6.45) is 3.90. The Morgan fingerprint density at radius 3 is 2.67 bits per heavy atom. The van der Waals surface area contributed by atoms with E-state index in [1.165, 1.54) is 6.08 Å². The first-order valence-electron chi connectivity index (χ1n) is 7.29. The number of carbonyl (C=O) groups is 1. The molecule has 0 saturated heterocycles. The van der Waals surface area contributed by atoms with Crippen molar-refractivity contribution in [3.63, 3.8) is 0 Å². The summed E-state index contributed by atoms with van der Waals surface area (Å²) in [7, 11) is 1.64. The van der Waals surface area contributed by atoms with Gasteiger partial charge in [0, 0.05) is 18.7 Å². The van der Waals surface area contributed by atoms with E-state index in [1.807, 2.05) is 18.2 Å². The van der Waals surface area contributed by atoms with E-state index in [-0.39, 0.29) is 0 Å². The second-order valence-electron chi connectivity index (χ2n) is 5.30. The fourth-order valence-corrected chi connectivity index (χ4v) is 2.20. The zero-order valence-electron chi connectivity index (χ0n) is 13.3. The molecule has 0 heterocycles. The van der Waals surface area contributed by atoms with Crippen LogP contribution in [0.25, 0.3) is 6.08 Å². The van der Waals surface area contributed by atoms with E-state index < -0.39 is 5.97 Å². The molecule has 0 radical (unpaired) electrons. The van der Waals surface area contributed by atoms with Crippen molar-refractivity contribution in [2.75, 3.05) is 13.7 Å². The zero-order valence-corrected chi connectivity index (χ0v) is 13.3. The third-order valence-electron chi connectivity index (χ3n) is 3.37. The van der Waals surface area contributed by atoms with Crippen LogP contribution in [0.4, 0.5) is 0 Å². The number of aliphatic carboxylic acids is 1. The summed E-state index contributed by atoms with van der Waals surface area (Å²) in [5, 5.41) is 8.80. The van der Waals surface area contributed by atoms with Crippen molar-refractivity contribution in [2.45, 2.75) is 39.8 Å². The molecule has 4 heteroatoms. The van der Waals surface area contributed by atoms with Gasteiger partial charge in [-0.3, -0.25) is 4.90 Å². The van der Waals surface area contributed by atoms with Gasteiger partial charge < -0.3 is 9.84 Å². The van der Waals surface area contributed by atoms with Gasteiger partial charge >= 0.3 is 5.97 Å². The average molecular weight is 291 g/mol. The van der Waals surface area contributed by atoms with E-state index in [2.05, 4.69) is 25.7 Å². The molecule has 4 nitrogen and oxygen atoms in total. The molecule has 0 aliphatic heterocycles. The van der Waals surface area contributed by atoms with Crippen LogP contribution in [0.1, 0.15) is 38.3 Å². The summed E-state index contributed by atoms with van der Waals surface area (Å²) in [5.74, 6) is -0.149. The van der Waals surface area contributed by atoms with Crippen molar-refractivity contribution < 1.29 is 14.6 Å². The molecule has 1 aromatic rings. The molecule has 0 saturated carbocycles. The van der Waals surface area contributed by atoms with Gasteiger partial charge in [-0.2, -0.15) is 0 Å². The van der Waals surface area contributed by atoms with Gasteiger partial charge in [0.25, 0.3) is 0 Å². The van der Waals surface area contributed by atoms with Crippen LogP contribution in [0.2, 0.25) is 0 Å². The monoisotopic (exact) mass is 291 g/mol. The van der Waals surface area contributed by atoms with E-state index in [0.29, 0.717) is 6.04 Å². The molecule has 0 bridgehead atoms. The predicted octanol–water partition coefficient (Wildman–Crippen LogP) is 3.41. The highest BCUT2D eigenvalue weighted by Gasteiger charge is 2.12. The van der Waals surface area contributed by atoms with Gasteiger partial charge in [-0.05, 0) is 56.1 Å². The molecule has 0 spiro atoms. The first-order chi connectivity index (χ1) is 9.97. The number of ether oxygens (including phenoxy) is 1. The molecule has 1 aromatic carbocycles. The molecule has 0 aliphatic rings. The Morgan fingerprint density at radius 1 is 1.43 bits per heavy atom. The third kappa shape index (κ3) is 5.60. The van der Waals surface area contributed by atoms with Crippen LogP contribution in [0, 0.1) is 0 Å². The Hall–Kier alpha value is -1.81. The molecule has 0 aromatic heterocycles. The molecule has 116 valence electrons. The minimum absolute atomic E-state index is 0.437. The highest BCUT2D eigenvalue weighted by molar-refractivity contribution is 5.85. The smallest absolute Gasteiger partial charge is 0.328 e. The van der Waals surface area contributed by atoms with E-state index >= 15 is 0 Å². The van der Waals surface area contributed by atoms with Crippen molar-refractivity contribution in [1.82, 2.24) is 4.90 Å². The van der Waals surface area contributed by atoms with Gasteiger partial charge in [0.15, 0.2) is 0 Å². The van der Waals surface area contributed by atoms with Crippen LogP contribution >= 0.6 is 0 Å². The highest BCUT2D eigenvalue weighted by Crippen LogP contribution is 2.21. The number of hydrogen-bond acceptors (Lipinski definition) is 3. The molecule has 0 aliphatic carbocycles. The van der Waals surface area contributed by atoms with Crippen molar-refractivity contribution in [3.05, 3.63) is 35.4 Å². The van der Waals surface area contributed by atoms with E-state index in [9.17, 15) is 4.79 Å². The Kier molecular flexibility index (Phi) is 6.96. The second-order valence-corrected chi connectivity index (χ2v) is 5.30. The van der Waals surface area contributed by atoms with Crippen molar-refractivity contribution >= 4 is 12.0 Å². The zero-order chi connectivity index (χ0) is 15.8. The SMILES string of the molecule is CCCN(Cc1cc(OC)ccc1C=CC(=O)O)C(C)C. The van der Waals surface area contributed by atoms with Crippen molar-refractivity contribution in [2.24, 2.45) is 0 Å². The van der Waals surface area contributed by atoms with Gasteiger partial charge in [0.2, 0.25) is 0 Å². The summed E-state index contributed by atoms with van der Waals surface area (Å²) in [6.45, 7) is 8.29. The van der Waals surface area contributed by atoms with E-state index in [4.69, 9.17) is 9.84 Å². The molecule has 0 unspecified atom stereocenters. The minimum Gasteiger partial charge on any atom is -0.497 e. The largest absolute Gasteiger partial charge is 0.497 e. The van der Waals surface area contributed by atoms with Gasteiger partial charge in [0.05, 0.1) is 7.11 Å². The molecular formula is C17H25NO3. The second kappa shape index (κ2) is 8.47. The van der Waals surface area contributed by atoms with Crippen molar-refractivity contribution in [1.29, 1.82) is 0 Å². The first-order valence-corrected chi connectivity index (χ1v) is 7.29. The molecule has 1 rings (SSSR count). The number of methoxy groups -OCH3 is 1. The molecule has 21 heavy (non-hydrogen) atoms. The standard InChI is InChI=1S/C17H25NO3/c1-5-10-18(13(2)3)12-15-11-16(21-4)8-6-14(15)7-9-17(19)20/h6-9,11,13H,5,10,12H2,1-4H3,(H,19,20). The normalized spacial score (nSPS) is 11.5. The maximum absolute atomic E-state index is 10.7. The Bertz CT molecular complexity index is 495. The van der Waals surface area contributed by atoms with Crippen LogP contribution in [-0.2, 0) is 11.3 Å². The maximum atomic E-state index is 10.7. The minimum atomic E-state index is -0.939. The lowest BCUT2D eigenvalue weighted by molar-refractivity contribution is -0.131. The number of nitrogens with zero attached hydrogens (tertiary/aromatic N) is 1. The third-order valence-corrected chi connectivity index (χ3v) is 3.37. The summed E-state index contributed by atoms with van der Waals surface area (Å²) in [5.41, 5.74) is 1.99. The van der Waals surface area contributed by atoms with Crippen LogP contribution in [0.3, 0.4) is 0 Å². The van der Waals surface area contributed by atoms with Gasteiger partial charge in [-0.25, -0.2) is 4.79 Å². The summed E-state index contributed by atoms with van der Waals surface area (Å²) >= 11 is 0. The predicted molar refractivity (Wildman–Crippen MR) is 85.5 cm³/mol. The average Bonchev–Trinajstić information content (AvgIpc) is 2.44. The Labute approximate surface area is 127 Å². The van der Waals surface area contributed by atoms with Gasteiger partial charge in [0.1, 0.15) is 5.75 Å². The molecule has 1 N–H and O–H groups in total. The summed E-state index contributed by atoms with van der Waals surface area (Å²) in [4.78, 5) is 13.1. The fourth-order valence-electron chi connectivity index (χ4n) is 2.20. The topological polar surface area (TPSA) is 49.8 Å². The van der Waals surface area contributed by atoms with Gasteiger partial charge in [-0.1, -0.05) is 13.0 Å². The molecular weight excluding hydrogens is 266 g/mol. The Morgan fingerprint density at radius 2 is 2.14 bits per heavy atom. The lowest BCUT2D eigenvalue weighted by atomic mass is 10.0. The quantitative estimate of drug-likeness (QED) is 0.746. The van der Waals surface area contributed by atoms with Crippen LogP contribution < -0.4 is 4.74 Å². The van der Waals surface area contributed by atoms with E-state index in [1.54, 1.807) is 13.2 Å². The molecule has 0 atom stereocenters. The lowest BCUT2D eigenvalue weighted by Gasteiger charge is -2.27. The molecule has 0 fully saturated rings. The van der Waals surface area contributed by atoms with Crippen molar-refractivity contribution in [3.8, 4) is 5.75 Å². The number of hydrogen-bond donors (Lipinski definition) is 1. The summed E-state index contributed by atoms with van der Waals surface area (Å²) in [6, 6.07) is 6.17. The summed E-state index contributed by atoms with van der Waals surface area (Å²) < 4.78 is 5.28. The van der Waals surface area contributed by atoms with E-state index in [0.717, 1.165) is 36.4 Å². The molecule has 0 amide bonds. The number of benzene rings is 1. The van der Waals surface area contributed by atoms with Crippen LogP contribution in [0.5, 0.6) is 5.75 Å². The van der Waals surface area contributed by atoms with Gasteiger partial charge in [-0.15, -0.1) is 0 Å². The Balaban J connectivity index is 3.07. The van der Waals surface area contributed by atoms with Crippen LogP contribution in [0.15, 0.2) is 24.3 Å². The first kappa shape index (κ1) is 17.2. The van der Waals surface area contributed by atoms with Crippen LogP contribution in [-0.4, -0.2) is 35.7 Å². The number of rotatable bonds is 8. The lowest BCUT2D eigenvalue weighted by Crippen LogP contribution is -2.31. The number of carboxylic acid groups (broad SMARTS) is 1. The fraction of sp³-hybridized carbons (Fsp3) is 0.471. The maximum Gasteiger partial charge on any atom is 0.328 e. The highest BCUT2D eigenvalue weighted by atomic mass is 16.5. The number of carboxylic acids is 1.